The molecule has 104 valence electrons. The molecule has 1 amide bonds. The monoisotopic (exact) mass is 283 g/mol. The van der Waals surface area contributed by atoms with Gasteiger partial charge < -0.3 is 10.0 Å². The number of nitrogens with zero attached hydrogens (tertiary/aromatic N) is 3. The second-order valence-corrected chi connectivity index (χ2v) is 6.30. The Labute approximate surface area is 115 Å². The Balaban J connectivity index is 2.28. The number of amides is 1. The van der Waals surface area contributed by atoms with E-state index in [1.165, 1.54) is 27.4 Å². The minimum absolute atomic E-state index is 0.0537. The van der Waals surface area contributed by atoms with Crippen LogP contribution in [0.4, 0.5) is 0 Å². The highest BCUT2D eigenvalue weighted by Gasteiger charge is 2.25. The molecule has 0 radical (unpaired) electrons. The molecular weight excluding hydrogens is 266 g/mol. The third-order valence-corrected chi connectivity index (χ3v) is 3.73. The van der Waals surface area contributed by atoms with Gasteiger partial charge in [0.25, 0.3) is 11.5 Å². The van der Waals surface area contributed by atoms with Crippen molar-refractivity contribution in [2.75, 3.05) is 19.3 Å². The SMILES string of the molecule is CN(CC(C)(C)O)C(=O)c1cnc2n(c1=O)CCS2. The first-order valence-electron chi connectivity index (χ1n) is 6.00. The lowest BCUT2D eigenvalue weighted by Crippen LogP contribution is -2.42. The molecule has 7 heteroatoms. The number of rotatable bonds is 3. The third-order valence-electron chi connectivity index (χ3n) is 2.76. The lowest BCUT2D eigenvalue weighted by atomic mass is 10.1. The van der Waals surface area contributed by atoms with Crippen molar-refractivity contribution in [3.63, 3.8) is 0 Å². The molecule has 1 aliphatic heterocycles. The second kappa shape index (κ2) is 4.97. The molecule has 1 aromatic rings. The number of likely N-dealkylation sites (N-methyl/N-ethyl adjacent to an activating group) is 1. The Hall–Kier alpha value is -1.34. The summed E-state index contributed by atoms with van der Waals surface area (Å²) < 4.78 is 1.52. The van der Waals surface area contributed by atoms with E-state index in [2.05, 4.69) is 4.98 Å². The molecule has 1 N–H and O–H groups in total. The Kier molecular flexibility index (Phi) is 3.69. The van der Waals surface area contributed by atoms with Crippen LogP contribution in [0, 0.1) is 0 Å². The Morgan fingerprint density at radius 3 is 2.95 bits per heavy atom. The molecular formula is C12H17N3O3S. The highest BCUT2D eigenvalue weighted by Crippen LogP contribution is 2.20. The Morgan fingerprint density at radius 1 is 1.63 bits per heavy atom. The topological polar surface area (TPSA) is 75.4 Å². The zero-order valence-electron chi connectivity index (χ0n) is 11.2. The van der Waals surface area contributed by atoms with Gasteiger partial charge in [0, 0.05) is 32.1 Å². The maximum Gasteiger partial charge on any atom is 0.267 e. The molecule has 0 aromatic carbocycles. The van der Waals surface area contributed by atoms with E-state index in [-0.39, 0.29) is 17.7 Å². The van der Waals surface area contributed by atoms with Crippen molar-refractivity contribution in [2.45, 2.75) is 31.1 Å². The van der Waals surface area contributed by atoms with Crippen molar-refractivity contribution in [2.24, 2.45) is 0 Å². The van der Waals surface area contributed by atoms with Crippen molar-refractivity contribution in [1.29, 1.82) is 0 Å². The summed E-state index contributed by atoms with van der Waals surface area (Å²) in [6, 6.07) is 0. The lowest BCUT2D eigenvalue weighted by Gasteiger charge is -2.25. The highest BCUT2D eigenvalue weighted by molar-refractivity contribution is 7.99. The summed E-state index contributed by atoms with van der Waals surface area (Å²) in [7, 11) is 1.56. The van der Waals surface area contributed by atoms with Gasteiger partial charge in [0.15, 0.2) is 5.16 Å². The van der Waals surface area contributed by atoms with Crippen molar-refractivity contribution < 1.29 is 9.90 Å². The van der Waals surface area contributed by atoms with Crippen LogP contribution in [0.2, 0.25) is 0 Å². The van der Waals surface area contributed by atoms with E-state index in [0.29, 0.717) is 11.7 Å². The maximum atomic E-state index is 12.2. The fourth-order valence-corrected chi connectivity index (χ4v) is 2.94. The third kappa shape index (κ3) is 2.98. The fraction of sp³-hybridized carbons (Fsp3) is 0.583. The van der Waals surface area contributed by atoms with Gasteiger partial charge in [-0.1, -0.05) is 11.8 Å². The molecule has 6 nitrogen and oxygen atoms in total. The number of carbonyl (C=O) groups excluding carboxylic acids is 1. The van der Waals surface area contributed by atoms with Gasteiger partial charge >= 0.3 is 0 Å². The van der Waals surface area contributed by atoms with Crippen molar-refractivity contribution in [3.05, 3.63) is 22.1 Å². The zero-order valence-corrected chi connectivity index (χ0v) is 12.0. The Morgan fingerprint density at radius 2 is 2.32 bits per heavy atom. The van der Waals surface area contributed by atoms with Crippen molar-refractivity contribution >= 4 is 17.7 Å². The molecule has 0 unspecified atom stereocenters. The highest BCUT2D eigenvalue weighted by atomic mass is 32.2. The molecule has 2 rings (SSSR count). The number of hydrogen-bond acceptors (Lipinski definition) is 5. The average Bonchev–Trinajstić information content (AvgIpc) is 2.75. The van der Waals surface area contributed by atoms with Crippen LogP contribution >= 0.6 is 11.8 Å². The van der Waals surface area contributed by atoms with E-state index in [1.807, 2.05) is 0 Å². The molecule has 0 saturated heterocycles. The minimum atomic E-state index is -0.999. The number of aliphatic hydroxyl groups is 1. The standard InChI is InChI=1S/C12H17N3O3S/c1-12(2,18)7-14(3)9(16)8-6-13-11-15(10(8)17)4-5-19-11/h6,18H,4-5,7H2,1-3H3. The van der Waals surface area contributed by atoms with Crippen molar-refractivity contribution in [3.8, 4) is 0 Å². The molecule has 1 aliphatic rings. The predicted octanol–water partition coefficient (Wildman–Crippen LogP) is 0.192. The van der Waals surface area contributed by atoms with E-state index < -0.39 is 11.5 Å². The van der Waals surface area contributed by atoms with Crippen LogP contribution in [0.5, 0.6) is 0 Å². The molecule has 0 bridgehead atoms. The van der Waals surface area contributed by atoms with Gasteiger partial charge in [-0.2, -0.15) is 0 Å². The summed E-state index contributed by atoms with van der Waals surface area (Å²) in [5.74, 6) is 0.395. The number of carbonyl (C=O) groups is 1. The number of fused-ring (bicyclic) bond motifs is 1. The Bertz CT molecular complexity index is 562. The van der Waals surface area contributed by atoms with Crippen LogP contribution in [0.1, 0.15) is 24.2 Å². The van der Waals surface area contributed by atoms with Gasteiger partial charge in [-0.25, -0.2) is 4.98 Å². The van der Waals surface area contributed by atoms with Gasteiger partial charge in [-0.15, -0.1) is 0 Å². The van der Waals surface area contributed by atoms with E-state index in [9.17, 15) is 14.7 Å². The van der Waals surface area contributed by atoms with Gasteiger partial charge in [-0.05, 0) is 13.8 Å². The summed E-state index contributed by atoms with van der Waals surface area (Å²) in [6.07, 6.45) is 1.33. The van der Waals surface area contributed by atoms with Crippen LogP contribution in [0.25, 0.3) is 0 Å². The van der Waals surface area contributed by atoms with Crippen LogP contribution in [0.3, 0.4) is 0 Å². The van der Waals surface area contributed by atoms with Crippen LogP contribution < -0.4 is 5.56 Å². The van der Waals surface area contributed by atoms with Gasteiger partial charge in [0.1, 0.15) is 5.56 Å². The van der Waals surface area contributed by atoms with Gasteiger partial charge in [0.2, 0.25) is 0 Å². The van der Waals surface area contributed by atoms with Gasteiger partial charge in [0.05, 0.1) is 5.60 Å². The molecule has 0 fully saturated rings. The summed E-state index contributed by atoms with van der Waals surface area (Å²) in [4.78, 5) is 29.8. The van der Waals surface area contributed by atoms with E-state index in [1.54, 1.807) is 20.9 Å². The van der Waals surface area contributed by atoms with Crippen LogP contribution in [-0.2, 0) is 6.54 Å². The van der Waals surface area contributed by atoms with Crippen molar-refractivity contribution in [1.82, 2.24) is 14.5 Å². The average molecular weight is 283 g/mol. The smallest absolute Gasteiger partial charge is 0.267 e. The fourth-order valence-electron chi connectivity index (χ4n) is 2.02. The summed E-state index contributed by atoms with van der Waals surface area (Å²) in [6.45, 7) is 3.96. The van der Waals surface area contributed by atoms with E-state index in [4.69, 9.17) is 0 Å². The quantitative estimate of drug-likeness (QED) is 0.802. The first-order valence-corrected chi connectivity index (χ1v) is 6.98. The zero-order chi connectivity index (χ0) is 14.2. The molecule has 0 aliphatic carbocycles. The first kappa shape index (κ1) is 14.1. The molecule has 0 atom stereocenters. The molecule has 0 saturated carbocycles. The summed E-state index contributed by atoms with van der Waals surface area (Å²) in [5, 5.41) is 10.4. The largest absolute Gasteiger partial charge is 0.389 e. The first-order chi connectivity index (χ1) is 8.79. The number of hydrogen-bond donors (Lipinski definition) is 1. The minimum Gasteiger partial charge on any atom is -0.389 e. The lowest BCUT2D eigenvalue weighted by molar-refractivity contribution is 0.0366. The summed E-state index contributed by atoms with van der Waals surface area (Å²) >= 11 is 1.51. The normalized spacial score (nSPS) is 14.3. The molecule has 19 heavy (non-hydrogen) atoms. The van der Waals surface area contributed by atoms with Crippen LogP contribution in [-0.4, -0.2) is 50.4 Å². The van der Waals surface area contributed by atoms with Gasteiger partial charge in [-0.3, -0.25) is 14.2 Å². The maximum absolute atomic E-state index is 12.2. The van der Waals surface area contributed by atoms with E-state index >= 15 is 0 Å². The molecule has 0 spiro atoms. The molecule has 1 aromatic heterocycles. The van der Waals surface area contributed by atoms with Crippen LogP contribution in [0.15, 0.2) is 16.1 Å². The second-order valence-electron chi connectivity index (χ2n) is 5.23. The molecule has 2 heterocycles. The number of thioether (sulfide) groups is 1. The summed E-state index contributed by atoms with van der Waals surface area (Å²) in [5.41, 5.74) is -1.25. The van der Waals surface area contributed by atoms with E-state index in [0.717, 1.165) is 5.75 Å². The number of aromatic nitrogens is 2. The predicted molar refractivity (Wildman–Crippen MR) is 72.5 cm³/mol.